The summed E-state index contributed by atoms with van der Waals surface area (Å²) in [6.45, 7) is 4.25. The van der Waals surface area contributed by atoms with Gasteiger partial charge < -0.3 is 14.8 Å². The summed E-state index contributed by atoms with van der Waals surface area (Å²) in [7, 11) is 3.59. The fraction of sp³-hybridized carbons (Fsp3) is 0.400. The van der Waals surface area contributed by atoms with Gasteiger partial charge in [0.2, 0.25) is 0 Å². The van der Waals surface area contributed by atoms with Gasteiger partial charge in [-0.1, -0.05) is 0 Å². The first-order valence-electron chi connectivity index (χ1n) is 6.65. The van der Waals surface area contributed by atoms with Crippen LogP contribution in [0.4, 0.5) is 0 Å². The second-order valence-corrected chi connectivity index (χ2v) is 4.61. The SMILES string of the molecule is COc1ccc(OCCNCc2cn(C)nc2C)cc1. The van der Waals surface area contributed by atoms with E-state index in [4.69, 9.17) is 9.47 Å². The third-order valence-electron chi connectivity index (χ3n) is 3.04. The van der Waals surface area contributed by atoms with E-state index in [1.165, 1.54) is 5.56 Å². The van der Waals surface area contributed by atoms with Gasteiger partial charge in [-0.3, -0.25) is 4.68 Å². The average molecular weight is 275 g/mol. The normalized spacial score (nSPS) is 10.6. The van der Waals surface area contributed by atoms with Crippen molar-refractivity contribution >= 4 is 0 Å². The van der Waals surface area contributed by atoms with E-state index in [9.17, 15) is 0 Å². The fourth-order valence-corrected chi connectivity index (χ4v) is 1.96. The summed E-state index contributed by atoms with van der Waals surface area (Å²) in [6.07, 6.45) is 2.03. The van der Waals surface area contributed by atoms with Crippen molar-refractivity contribution in [2.24, 2.45) is 7.05 Å². The smallest absolute Gasteiger partial charge is 0.119 e. The largest absolute Gasteiger partial charge is 0.497 e. The molecule has 5 heteroatoms. The number of benzene rings is 1. The highest BCUT2D eigenvalue weighted by molar-refractivity contribution is 5.31. The van der Waals surface area contributed by atoms with Crippen LogP contribution in [-0.2, 0) is 13.6 Å². The van der Waals surface area contributed by atoms with Gasteiger partial charge >= 0.3 is 0 Å². The maximum absolute atomic E-state index is 5.64. The number of hydrogen-bond donors (Lipinski definition) is 1. The number of rotatable bonds is 7. The molecule has 1 N–H and O–H groups in total. The number of aromatic nitrogens is 2. The number of nitrogens with one attached hydrogen (secondary N) is 1. The summed E-state index contributed by atoms with van der Waals surface area (Å²) in [6, 6.07) is 7.59. The summed E-state index contributed by atoms with van der Waals surface area (Å²) < 4.78 is 12.6. The van der Waals surface area contributed by atoms with Crippen molar-refractivity contribution in [2.75, 3.05) is 20.3 Å². The maximum Gasteiger partial charge on any atom is 0.119 e. The van der Waals surface area contributed by atoms with E-state index in [0.29, 0.717) is 6.61 Å². The van der Waals surface area contributed by atoms with Gasteiger partial charge in [-0.2, -0.15) is 5.10 Å². The zero-order chi connectivity index (χ0) is 14.4. The molecular weight excluding hydrogens is 254 g/mol. The molecular formula is C15H21N3O2. The molecule has 0 radical (unpaired) electrons. The van der Waals surface area contributed by atoms with Crippen molar-refractivity contribution in [2.45, 2.75) is 13.5 Å². The van der Waals surface area contributed by atoms with E-state index in [2.05, 4.69) is 10.4 Å². The van der Waals surface area contributed by atoms with Crippen LogP contribution in [0.1, 0.15) is 11.3 Å². The standard InChI is InChI=1S/C15H21N3O2/c1-12-13(11-18(2)17-12)10-16-8-9-20-15-6-4-14(19-3)5-7-15/h4-7,11,16H,8-10H2,1-3H3. The average Bonchev–Trinajstić information content (AvgIpc) is 2.77. The van der Waals surface area contributed by atoms with E-state index in [1.807, 2.05) is 49.1 Å². The lowest BCUT2D eigenvalue weighted by atomic mass is 10.2. The van der Waals surface area contributed by atoms with Crippen LogP contribution < -0.4 is 14.8 Å². The molecule has 0 amide bonds. The highest BCUT2D eigenvalue weighted by Crippen LogP contribution is 2.16. The van der Waals surface area contributed by atoms with Crippen molar-refractivity contribution in [3.63, 3.8) is 0 Å². The summed E-state index contributed by atoms with van der Waals surface area (Å²) in [5.74, 6) is 1.69. The Morgan fingerprint density at radius 1 is 1.20 bits per heavy atom. The second kappa shape index (κ2) is 6.96. The van der Waals surface area contributed by atoms with E-state index in [0.717, 1.165) is 30.3 Å². The molecule has 0 spiro atoms. The first-order valence-corrected chi connectivity index (χ1v) is 6.65. The van der Waals surface area contributed by atoms with Crippen LogP contribution in [0.25, 0.3) is 0 Å². The highest BCUT2D eigenvalue weighted by atomic mass is 16.5. The van der Waals surface area contributed by atoms with Crippen molar-refractivity contribution in [1.29, 1.82) is 0 Å². The number of aryl methyl sites for hydroxylation is 2. The van der Waals surface area contributed by atoms with Crippen LogP contribution in [-0.4, -0.2) is 30.0 Å². The molecule has 0 aliphatic rings. The molecule has 0 saturated heterocycles. The minimum absolute atomic E-state index is 0.631. The lowest BCUT2D eigenvalue weighted by molar-refractivity contribution is 0.313. The van der Waals surface area contributed by atoms with Crippen molar-refractivity contribution in [3.8, 4) is 11.5 Å². The summed E-state index contributed by atoms with van der Waals surface area (Å²) in [5, 5.41) is 7.65. The van der Waals surface area contributed by atoms with Crippen LogP contribution >= 0.6 is 0 Å². The highest BCUT2D eigenvalue weighted by Gasteiger charge is 2.02. The van der Waals surface area contributed by atoms with Crippen LogP contribution in [0.2, 0.25) is 0 Å². The van der Waals surface area contributed by atoms with E-state index >= 15 is 0 Å². The van der Waals surface area contributed by atoms with Gasteiger partial charge in [-0.05, 0) is 31.2 Å². The Kier molecular flexibility index (Phi) is 5.01. The molecule has 1 heterocycles. The predicted molar refractivity (Wildman–Crippen MR) is 78.1 cm³/mol. The predicted octanol–water partition coefficient (Wildman–Crippen LogP) is 1.91. The molecule has 2 aromatic rings. The number of methoxy groups -OCH3 is 1. The topological polar surface area (TPSA) is 48.3 Å². The molecule has 0 fully saturated rings. The monoisotopic (exact) mass is 275 g/mol. The van der Waals surface area contributed by atoms with Crippen molar-refractivity contribution in [3.05, 3.63) is 41.7 Å². The summed E-state index contributed by atoms with van der Waals surface area (Å²) in [4.78, 5) is 0. The van der Waals surface area contributed by atoms with Gasteiger partial charge in [-0.15, -0.1) is 0 Å². The first kappa shape index (κ1) is 14.4. The van der Waals surface area contributed by atoms with Crippen LogP contribution in [0.5, 0.6) is 11.5 Å². The van der Waals surface area contributed by atoms with Crippen LogP contribution in [0.15, 0.2) is 30.5 Å². The Morgan fingerprint density at radius 3 is 2.50 bits per heavy atom. The maximum atomic E-state index is 5.64. The third-order valence-corrected chi connectivity index (χ3v) is 3.04. The molecule has 1 aromatic carbocycles. The van der Waals surface area contributed by atoms with Gasteiger partial charge in [-0.25, -0.2) is 0 Å². The first-order chi connectivity index (χ1) is 9.69. The molecule has 2 rings (SSSR count). The van der Waals surface area contributed by atoms with Gasteiger partial charge in [0.05, 0.1) is 12.8 Å². The molecule has 108 valence electrons. The summed E-state index contributed by atoms with van der Waals surface area (Å²) in [5.41, 5.74) is 2.29. The Labute approximate surface area is 119 Å². The minimum Gasteiger partial charge on any atom is -0.497 e. The van der Waals surface area contributed by atoms with Crippen molar-refractivity contribution < 1.29 is 9.47 Å². The number of nitrogens with zero attached hydrogens (tertiary/aromatic N) is 2. The van der Waals surface area contributed by atoms with Crippen LogP contribution in [0.3, 0.4) is 0 Å². The lowest BCUT2D eigenvalue weighted by Crippen LogP contribution is -2.20. The van der Waals surface area contributed by atoms with Gasteiger partial charge in [0.25, 0.3) is 0 Å². The molecule has 0 bridgehead atoms. The summed E-state index contributed by atoms with van der Waals surface area (Å²) >= 11 is 0. The molecule has 1 aromatic heterocycles. The molecule has 0 aliphatic heterocycles. The second-order valence-electron chi connectivity index (χ2n) is 4.61. The molecule has 20 heavy (non-hydrogen) atoms. The van der Waals surface area contributed by atoms with Crippen LogP contribution in [0, 0.1) is 6.92 Å². The van der Waals surface area contributed by atoms with E-state index in [-0.39, 0.29) is 0 Å². The Bertz CT molecular complexity index is 535. The Morgan fingerprint density at radius 2 is 1.90 bits per heavy atom. The zero-order valence-corrected chi connectivity index (χ0v) is 12.2. The zero-order valence-electron chi connectivity index (χ0n) is 12.2. The van der Waals surface area contributed by atoms with Gasteiger partial charge in [0, 0.05) is 31.9 Å². The minimum atomic E-state index is 0.631. The molecule has 0 aliphatic carbocycles. The molecule has 0 saturated carbocycles. The quantitative estimate of drug-likeness (QED) is 0.784. The number of hydrogen-bond acceptors (Lipinski definition) is 4. The van der Waals surface area contributed by atoms with Crippen molar-refractivity contribution in [1.82, 2.24) is 15.1 Å². The van der Waals surface area contributed by atoms with Gasteiger partial charge in [0.15, 0.2) is 0 Å². The van der Waals surface area contributed by atoms with E-state index in [1.54, 1.807) is 7.11 Å². The lowest BCUT2D eigenvalue weighted by Gasteiger charge is -2.08. The fourth-order valence-electron chi connectivity index (χ4n) is 1.96. The number of ether oxygens (including phenoxy) is 2. The molecule has 0 atom stereocenters. The van der Waals surface area contributed by atoms with Gasteiger partial charge in [0.1, 0.15) is 18.1 Å². The Hall–Kier alpha value is -2.01. The Balaban J connectivity index is 1.67. The molecule has 5 nitrogen and oxygen atoms in total. The van der Waals surface area contributed by atoms with E-state index < -0.39 is 0 Å². The molecule has 0 unspecified atom stereocenters. The third kappa shape index (κ3) is 3.99.